The summed E-state index contributed by atoms with van der Waals surface area (Å²) in [5, 5.41) is 2.94. The monoisotopic (exact) mass is 336 g/mol. The molecule has 25 heavy (non-hydrogen) atoms. The van der Waals surface area contributed by atoms with E-state index in [0.29, 0.717) is 6.42 Å². The first-order chi connectivity index (χ1) is 11.9. The predicted octanol–water partition coefficient (Wildman–Crippen LogP) is 3.06. The molecular weight excluding hydrogens is 312 g/mol. The lowest BCUT2D eigenvalue weighted by atomic mass is 9.73. The minimum atomic E-state index is -0.855. The Balaban J connectivity index is 2.06. The van der Waals surface area contributed by atoms with Crippen molar-refractivity contribution in [1.82, 2.24) is 5.32 Å². The van der Waals surface area contributed by atoms with Gasteiger partial charge >= 0.3 is 0 Å². The molecule has 1 aliphatic rings. The van der Waals surface area contributed by atoms with E-state index in [0.717, 1.165) is 16.8 Å². The summed E-state index contributed by atoms with van der Waals surface area (Å²) in [5.41, 5.74) is 2.02. The van der Waals surface area contributed by atoms with Gasteiger partial charge in [-0.3, -0.25) is 9.59 Å². The van der Waals surface area contributed by atoms with Crippen LogP contribution in [0.15, 0.2) is 54.6 Å². The Bertz CT molecular complexity index is 785. The largest absolute Gasteiger partial charge is 0.354 e. The molecule has 1 N–H and O–H groups in total. The van der Waals surface area contributed by atoms with Crippen LogP contribution in [0.3, 0.4) is 0 Å². The van der Waals surface area contributed by atoms with Crippen molar-refractivity contribution in [1.29, 1.82) is 0 Å². The van der Waals surface area contributed by atoms with Gasteiger partial charge in [-0.25, -0.2) is 0 Å². The molecule has 0 aromatic heterocycles. The number of benzene rings is 2. The Morgan fingerprint density at radius 2 is 1.72 bits per heavy atom. The smallest absolute Gasteiger partial charge is 0.238 e. The van der Waals surface area contributed by atoms with E-state index in [2.05, 4.69) is 5.32 Å². The minimum absolute atomic E-state index is 0.0172. The van der Waals surface area contributed by atoms with E-state index < -0.39 is 5.41 Å². The van der Waals surface area contributed by atoms with Crippen LogP contribution < -0.4 is 10.2 Å². The van der Waals surface area contributed by atoms with Crippen LogP contribution in [0.2, 0.25) is 0 Å². The highest BCUT2D eigenvalue weighted by Crippen LogP contribution is 2.45. The van der Waals surface area contributed by atoms with E-state index in [-0.39, 0.29) is 24.3 Å². The summed E-state index contributed by atoms with van der Waals surface area (Å²) in [4.78, 5) is 27.5. The maximum absolute atomic E-state index is 13.3. The van der Waals surface area contributed by atoms with Crippen LogP contribution in [0.1, 0.15) is 31.4 Å². The number of amides is 2. The average Bonchev–Trinajstić information content (AvgIpc) is 2.78. The number of hydrogen-bond donors (Lipinski definition) is 1. The van der Waals surface area contributed by atoms with Gasteiger partial charge in [-0.05, 0) is 37.5 Å². The van der Waals surface area contributed by atoms with E-state index in [1.165, 1.54) is 0 Å². The maximum Gasteiger partial charge on any atom is 0.238 e. The van der Waals surface area contributed by atoms with Gasteiger partial charge in [-0.15, -0.1) is 0 Å². The molecule has 0 aliphatic carbocycles. The van der Waals surface area contributed by atoms with Gasteiger partial charge in [-0.2, -0.15) is 0 Å². The van der Waals surface area contributed by atoms with Gasteiger partial charge in [0.2, 0.25) is 11.8 Å². The fourth-order valence-electron chi connectivity index (χ4n) is 3.71. The summed E-state index contributed by atoms with van der Waals surface area (Å²) < 4.78 is 0. The molecule has 2 amide bonds. The molecule has 2 aromatic carbocycles. The first kappa shape index (κ1) is 17.2. The molecule has 130 valence electrons. The van der Waals surface area contributed by atoms with Crippen molar-refractivity contribution in [3.8, 4) is 0 Å². The number of anilines is 1. The molecule has 0 saturated heterocycles. The highest BCUT2D eigenvalue weighted by Gasteiger charge is 2.50. The third-order valence-corrected chi connectivity index (χ3v) is 4.76. The van der Waals surface area contributed by atoms with Crippen LogP contribution in [0, 0.1) is 0 Å². The highest BCUT2D eigenvalue weighted by molar-refractivity contribution is 6.09. The molecule has 3 rings (SSSR count). The van der Waals surface area contributed by atoms with Crippen LogP contribution in [0.4, 0.5) is 5.69 Å². The fraction of sp³-hybridized carbons (Fsp3) is 0.333. The molecule has 2 aromatic rings. The first-order valence-electron chi connectivity index (χ1n) is 8.65. The molecule has 4 nitrogen and oxygen atoms in total. The molecule has 0 spiro atoms. The number of carbonyl (C=O) groups excluding carboxylic acids is 2. The van der Waals surface area contributed by atoms with E-state index in [9.17, 15) is 9.59 Å². The van der Waals surface area contributed by atoms with Gasteiger partial charge in [0.05, 0.1) is 5.41 Å². The quantitative estimate of drug-likeness (QED) is 0.912. The second-order valence-electron chi connectivity index (χ2n) is 7.02. The first-order valence-corrected chi connectivity index (χ1v) is 8.65. The normalized spacial score (nSPS) is 19.2. The number of rotatable bonds is 5. The number of nitrogens with one attached hydrogen (secondary N) is 1. The summed E-state index contributed by atoms with van der Waals surface area (Å²) in [7, 11) is 1.79. The van der Waals surface area contributed by atoms with Crippen molar-refractivity contribution in [3.63, 3.8) is 0 Å². The molecular formula is C21H24N2O2. The van der Waals surface area contributed by atoms with Crippen molar-refractivity contribution in [2.75, 3.05) is 11.9 Å². The lowest BCUT2D eigenvalue weighted by Gasteiger charge is -2.28. The second kappa shape index (κ2) is 6.71. The zero-order chi connectivity index (χ0) is 18.0. The van der Waals surface area contributed by atoms with Gasteiger partial charge < -0.3 is 10.2 Å². The third-order valence-electron chi connectivity index (χ3n) is 4.76. The number of likely N-dealkylation sites (N-methyl/N-ethyl adjacent to an activating group) is 1. The molecule has 1 aliphatic heterocycles. The molecule has 0 fully saturated rings. The van der Waals surface area contributed by atoms with Crippen molar-refractivity contribution < 1.29 is 9.59 Å². The molecule has 4 heteroatoms. The predicted molar refractivity (Wildman–Crippen MR) is 99.6 cm³/mol. The number of nitrogens with zero attached hydrogens (tertiary/aromatic N) is 1. The Kier molecular flexibility index (Phi) is 4.62. The van der Waals surface area contributed by atoms with Crippen molar-refractivity contribution in [2.45, 2.75) is 38.1 Å². The van der Waals surface area contributed by atoms with Gasteiger partial charge in [-0.1, -0.05) is 48.5 Å². The minimum Gasteiger partial charge on any atom is -0.354 e. The lowest BCUT2D eigenvalue weighted by molar-refractivity contribution is -0.129. The molecule has 0 unspecified atom stereocenters. The maximum atomic E-state index is 13.3. The third kappa shape index (κ3) is 3.16. The van der Waals surface area contributed by atoms with E-state index >= 15 is 0 Å². The molecule has 1 atom stereocenters. The highest BCUT2D eigenvalue weighted by atomic mass is 16.2. The zero-order valence-corrected chi connectivity index (χ0v) is 15.0. The van der Waals surface area contributed by atoms with Crippen LogP contribution in [-0.4, -0.2) is 24.9 Å². The molecule has 0 bridgehead atoms. The van der Waals surface area contributed by atoms with Crippen LogP contribution in [-0.2, 0) is 21.4 Å². The lowest BCUT2D eigenvalue weighted by Crippen LogP contribution is -2.45. The summed E-state index contributed by atoms with van der Waals surface area (Å²) in [5.74, 6) is -0.110. The SMILES string of the molecule is CC(C)NC(=O)C[C@@]1(Cc2ccccc2)C(=O)N(C)c2ccccc21. The topological polar surface area (TPSA) is 49.4 Å². The van der Waals surface area contributed by atoms with E-state index in [1.54, 1.807) is 11.9 Å². The Morgan fingerprint density at radius 3 is 2.40 bits per heavy atom. The van der Waals surface area contributed by atoms with Crippen LogP contribution in [0.25, 0.3) is 0 Å². The van der Waals surface area contributed by atoms with Crippen molar-refractivity contribution in [3.05, 3.63) is 65.7 Å². The summed E-state index contributed by atoms with van der Waals surface area (Å²) in [6.07, 6.45) is 0.666. The number of carbonyl (C=O) groups is 2. The van der Waals surface area contributed by atoms with Crippen molar-refractivity contribution in [2.24, 2.45) is 0 Å². The van der Waals surface area contributed by atoms with E-state index in [4.69, 9.17) is 0 Å². The van der Waals surface area contributed by atoms with Gasteiger partial charge in [0.25, 0.3) is 0 Å². The van der Waals surface area contributed by atoms with Crippen molar-refractivity contribution >= 4 is 17.5 Å². The van der Waals surface area contributed by atoms with Gasteiger partial charge in [0.15, 0.2) is 0 Å². The van der Waals surface area contributed by atoms with E-state index in [1.807, 2.05) is 68.4 Å². The van der Waals surface area contributed by atoms with Gasteiger partial charge in [0.1, 0.15) is 0 Å². The summed E-state index contributed by atoms with van der Waals surface area (Å²) >= 11 is 0. The van der Waals surface area contributed by atoms with Gasteiger partial charge in [0, 0.05) is 25.2 Å². The zero-order valence-electron chi connectivity index (χ0n) is 15.0. The molecule has 0 radical (unpaired) electrons. The summed E-state index contributed by atoms with van der Waals surface area (Å²) in [6, 6.07) is 17.7. The average molecular weight is 336 g/mol. The van der Waals surface area contributed by atoms with Crippen LogP contribution in [0.5, 0.6) is 0 Å². The number of hydrogen-bond acceptors (Lipinski definition) is 2. The van der Waals surface area contributed by atoms with Crippen LogP contribution >= 0.6 is 0 Å². The second-order valence-corrected chi connectivity index (χ2v) is 7.02. The number of para-hydroxylation sites is 1. The molecule has 0 saturated carbocycles. The molecule has 1 heterocycles. The fourth-order valence-corrected chi connectivity index (χ4v) is 3.71. The Hall–Kier alpha value is -2.62. The standard InChI is InChI=1S/C21H24N2O2/c1-15(2)22-19(24)14-21(13-16-9-5-4-6-10-16)17-11-7-8-12-18(17)23(3)20(21)25/h4-12,15H,13-14H2,1-3H3,(H,22,24)/t21-/m1/s1. The Labute approximate surface area is 148 Å². The number of fused-ring (bicyclic) bond motifs is 1. The Morgan fingerprint density at radius 1 is 1.08 bits per heavy atom. The summed E-state index contributed by atoms with van der Waals surface area (Å²) in [6.45, 7) is 3.86.